The summed E-state index contributed by atoms with van der Waals surface area (Å²) in [6.45, 7) is 2.00. The Balaban J connectivity index is 1.73. The lowest BCUT2D eigenvalue weighted by Crippen LogP contribution is -2.28. The van der Waals surface area contributed by atoms with Crippen LogP contribution in [0.1, 0.15) is 23.4 Å². The van der Waals surface area contributed by atoms with Crippen LogP contribution in [0.2, 0.25) is 4.34 Å². The van der Waals surface area contributed by atoms with E-state index < -0.39 is 0 Å². The molecule has 2 aromatic rings. The summed E-state index contributed by atoms with van der Waals surface area (Å²) in [4.78, 5) is 13.1. The molecule has 106 valence electrons. The zero-order chi connectivity index (χ0) is 14.4. The second-order valence-corrected chi connectivity index (χ2v) is 7.18. The molecular formula is C15H16ClNOS2. The van der Waals surface area contributed by atoms with Crippen molar-refractivity contribution in [3.05, 3.63) is 57.2 Å². The van der Waals surface area contributed by atoms with Crippen molar-refractivity contribution < 1.29 is 4.79 Å². The van der Waals surface area contributed by atoms with E-state index in [1.54, 1.807) is 23.1 Å². The highest BCUT2D eigenvalue weighted by Gasteiger charge is 2.09. The van der Waals surface area contributed by atoms with Gasteiger partial charge >= 0.3 is 0 Å². The van der Waals surface area contributed by atoms with Crippen LogP contribution < -0.4 is 5.32 Å². The zero-order valence-electron chi connectivity index (χ0n) is 11.1. The number of benzene rings is 1. The van der Waals surface area contributed by atoms with Gasteiger partial charge in [0.05, 0.1) is 16.1 Å². The van der Waals surface area contributed by atoms with Gasteiger partial charge in [-0.2, -0.15) is 0 Å². The predicted octanol–water partition coefficient (Wildman–Crippen LogP) is 4.51. The second kappa shape index (κ2) is 7.72. The Bertz CT molecular complexity index is 556. The summed E-state index contributed by atoms with van der Waals surface area (Å²) in [6.07, 6.45) is 0. The molecule has 1 N–H and O–H groups in total. The minimum atomic E-state index is 0.0421. The van der Waals surface area contributed by atoms with Gasteiger partial charge in [-0.15, -0.1) is 23.1 Å². The van der Waals surface area contributed by atoms with Crippen molar-refractivity contribution in [3.63, 3.8) is 0 Å². The molecule has 1 amide bonds. The summed E-state index contributed by atoms with van der Waals surface area (Å²) < 4.78 is 0.794. The summed E-state index contributed by atoms with van der Waals surface area (Å²) in [6, 6.07) is 13.9. The van der Waals surface area contributed by atoms with Gasteiger partial charge in [-0.3, -0.25) is 4.79 Å². The van der Waals surface area contributed by atoms with Crippen LogP contribution >= 0.6 is 34.7 Å². The average Bonchev–Trinajstić information content (AvgIpc) is 2.85. The third kappa shape index (κ3) is 4.85. The molecule has 0 bridgehead atoms. The maximum Gasteiger partial charge on any atom is 0.230 e. The van der Waals surface area contributed by atoms with Crippen molar-refractivity contribution in [1.82, 2.24) is 5.32 Å². The molecule has 0 unspecified atom stereocenters. The van der Waals surface area contributed by atoms with Gasteiger partial charge in [0.1, 0.15) is 0 Å². The zero-order valence-corrected chi connectivity index (χ0v) is 13.5. The van der Waals surface area contributed by atoms with E-state index in [0.717, 1.165) is 15.7 Å². The van der Waals surface area contributed by atoms with Crippen molar-refractivity contribution in [3.8, 4) is 0 Å². The molecule has 5 heteroatoms. The Kier molecular flexibility index (Phi) is 5.95. The van der Waals surface area contributed by atoms with Crippen molar-refractivity contribution in [2.45, 2.75) is 18.7 Å². The van der Waals surface area contributed by atoms with Gasteiger partial charge < -0.3 is 5.32 Å². The van der Waals surface area contributed by atoms with Crippen LogP contribution in [0.5, 0.6) is 0 Å². The van der Waals surface area contributed by atoms with Gasteiger partial charge in [-0.05, 0) is 24.6 Å². The normalized spacial score (nSPS) is 12.1. The molecule has 0 aliphatic rings. The van der Waals surface area contributed by atoms with Crippen molar-refractivity contribution in [1.29, 1.82) is 0 Å². The van der Waals surface area contributed by atoms with Gasteiger partial charge in [0.15, 0.2) is 0 Å². The fourth-order valence-corrected chi connectivity index (χ4v) is 3.82. The number of hydrogen-bond acceptors (Lipinski definition) is 3. The molecule has 1 heterocycles. The Labute approximate surface area is 132 Å². The molecular weight excluding hydrogens is 310 g/mol. The van der Waals surface area contributed by atoms with Crippen LogP contribution in [-0.4, -0.2) is 11.7 Å². The smallest absolute Gasteiger partial charge is 0.230 e. The molecule has 0 saturated heterocycles. The van der Waals surface area contributed by atoms with Crippen LogP contribution in [0.15, 0.2) is 42.5 Å². The van der Waals surface area contributed by atoms with E-state index in [2.05, 4.69) is 5.32 Å². The Morgan fingerprint density at radius 3 is 2.70 bits per heavy atom. The lowest BCUT2D eigenvalue weighted by atomic mass is 10.1. The van der Waals surface area contributed by atoms with Crippen molar-refractivity contribution in [2.24, 2.45) is 0 Å². The molecule has 1 aromatic carbocycles. The number of thioether (sulfide) groups is 1. The van der Waals surface area contributed by atoms with Crippen molar-refractivity contribution in [2.75, 3.05) is 5.75 Å². The largest absolute Gasteiger partial charge is 0.349 e. The number of halogens is 1. The van der Waals surface area contributed by atoms with E-state index in [1.165, 1.54) is 4.88 Å². The van der Waals surface area contributed by atoms with Crippen LogP contribution in [0.4, 0.5) is 0 Å². The van der Waals surface area contributed by atoms with Crippen LogP contribution in [0, 0.1) is 0 Å². The fourth-order valence-electron chi connectivity index (χ4n) is 1.78. The maximum atomic E-state index is 11.9. The molecule has 0 aliphatic heterocycles. The summed E-state index contributed by atoms with van der Waals surface area (Å²) in [5, 5.41) is 3.01. The molecule has 1 aromatic heterocycles. The number of nitrogens with one attached hydrogen (secondary N) is 1. The lowest BCUT2D eigenvalue weighted by Gasteiger charge is -2.13. The Hall–Kier alpha value is -0.970. The number of amides is 1. The molecule has 1 atom stereocenters. The quantitative estimate of drug-likeness (QED) is 0.846. The Morgan fingerprint density at radius 2 is 2.05 bits per heavy atom. The third-order valence-corrected chi connectivity index (χ3v) is 5.18. The fraction of sp³-hybridized carbons (Fsp3) is 0.267. The molecule has 0 radical (unpaired) electrons. The number of thiophene rings is 1. The summed E-state index contributed by atoms with van der Waals surface area (Å²) in [5.41, 5.74) is 1.12. The number of carbonyl (C=O) groups excluding carboxylic acids is 1. The van der Waals surface area contributed by atoms with E-state index in [1.807, 2.05) is 49.4 Å². The monoisotopic (exact) mass is 325 g/mol. The van der Waals surface area contributed by atoms with Crippen LogP contribution in [0.3, 0.4) is 0 Å². The second-order valence-electron chi connectivity index (χ2n) is 4.40. The van der Waals surface area contributed by atoms with Crippen molar-refractivity contribution >= 4 is 40.6 Å². The lowest BCUT2D eigenvalue weighted by molar-refractivity contribution is -0.119. The van der Waals surface area contributed by atoms with Crippen LogP contribution in [0.25, 0.3) is 0 Å². The molecule has 0 aliphatic carbocycles. The van der Waals surface area contributed by atoms with Gasteiger partial charge in [0.25, 0.3) is 0 Å². The van der Waals surface area contributed by atoms with Gasteiger partial charge in [0.2, 0.25) is 5.91 Å². The number of hydrogen-bond donors (Lipinski definition) is 1. The number of carbonyl (C=O) groups is 1. The van der Waals surface area contributed by atoms with Gasteiger partial charge in [-0.25, -0.2) is 0 Å². The molecule has 2 rings (SSSR count). The van der Waals surface area contributed by atoms with Crippen LogP contribution in [-0.2, 0) is 10.5 Å². The van der Waals surface area contributed by atoms with E-state index in [-0.39, 0.29) is 11.9 Å². The van der Waals surface area contributed by atoms with E-state index in [9.17, 15) is 4.79 Å². The summed E-state index contributed by atoms with van der Waals surface area (Å²) in [5.74, 6) is 1.35. The first-order chi connectivity index (χ1) is 9.65. The molecule has 0 fully saturated rings. The maximum absolute atomic E-state index is 11.9. The minimum Gasteiger partial charge on any atom is -0.349 e. The SMILES string of the molecule is C[C@H](NC(=O)CSCc1ccc(Cl)s1)c1ccccc1. The first-order valence-electron chi connectivity index (χ1n) is 6.31. The molecule has 2 nitrogen and oxygen atoms in total. The van der Waals surface area contributed by atoms with E-state index in [4.69, 9.17) is 11.6 Å². The van der Waals surface area contributed by atoms with E-state index in [0.29, 0.717) is 5.75 Å². The standard InChI is InChI=1S/C15H16ClNOS2/c1-11(12-5-3-2-4-6-12)17-15(18)10-19-9-13-7-8-14(16)20-13/h2-8,11H,9-10H2,1H3,(H,17,18)/t11-/m0/s1. The highest BCUT2D eigenvalue weighted by molar-refractivity contribution is 7.99. The molecule has 0 spiro atoms. The highest BCUT2D eigenvalue weighted by Crippen LogP contribution is 2.25. The third-order valence-electron chi connectivity index (χ3n) is 2.78. The predicted molar refractivity (Wildman–Crippen MR) is 88.5 cm³/mol. The molecule has 20 heavy (non-hydrogen) atoms. The average molecular weight is 326 g/mol. The summed E-state index contributed by atoms with van der Waals surface area (Å²) >= 11 is 9.04. The van der Waals surface area contributed by atoms with Gasteiger partial charge in [-0.1, -0.05) is 41.9 Å². The number of rotatable bonds is 6. The molecule has 0 saturated carbocycles. The van der Waals surface area contributed by atoms with E-state index >= 15 is 0 Å². The van der Waals surface area contributed by atoms with Gasteiger partial charge in [0, 0.05) is 10.6 Å². The first kappa shape index (κ1) is 15.4. The Morgan fingerprint density at radius 1 is 1.30 bits per heavy atom. The minimum absolute atomic E-state index is 0.0421. The summed E-state index contributed by atoms with van der Waals surface area (Å²) in [7, 11) is 0. The topological polar surface area (TPSA) is 29.1 Å². The first-order valence-corrected chi connectivity index (χ1v) is 8.66. The highest BCUT2D eigenvalue weighted by atomic mass is 35.5.